The number of carbonyl (C=O) groups is 2. The summed E-state index contributed by atoms with van der Waals surface area (Å²) in [6.07, 6.45) is 5.59. The first kappa shape index (κ1) is 28.9. The lowest BCUT2D eigenvalue weighted by Gasteiger charge is -2.22. The number of pyridine rings is 1. The number of alkyl halides is 3. The third kappa shape index (κ3) is 7.49. The van der Waals surface area contributed by atoms with Crippen LogP contribution in [0.2, 0.25) is 0 Å². The minimum atomic E-state index is -4.42. The second-order valence-corrected chi connectivity index (χ2v) is 9.72. The standard InChI is InChI=1S/C27H24F3N3O.C4H8O2/c28-27(29,30)22-11-13-23(14-12-22)31-26(34)24-17-33-16-21(10-15-25(33)32-24)20-8-6-19(7-9-20)18-4-2-1-3-5-18;1-3-6-4(2)5/h6-18H,1-5H2,(H,31,34);3H2,1-2H3. The Morgan fingerprint density at radius 2 is 1.57 bits per heavy atom. The monoisotopic (exact) mass is 551 g/mol. The zero-order valence-corrected chi connectivity index (χ0v) is 22.5. The van der Waals surface area contributed by atoms with E-state index >= 15 is 0 Å². The first-order chi connectivity index (χ1) is 19.1. The lowest BCUT2D eigenvalue weighted by molar-refractivity contribution is -0.140. The van der Waals surface area contributed by atoms with Crippen molar-refractivity contribution in [1.82, 2.24) is 9.38 Å². The quantitative estimate of drug-likeness (QED) is 0.256. The predicted octanol–water partition coefficient (Wildman–Crippen LogP) is 7.89. The molecule has 0 saturated heterocycles. The normalized spacial score (nSPS) is 13.8. The Balaban J connectivity index is 0.000000557. The van der Waals surface area contributed by atoms with Crippen LogP contribution in [0, 0.1) is 0 Å². The molecule has 40 heavy (non-hydrogen) atoms. The van der Waals surface area contributed by atoms with E-state index in [-0.39, 0.29) is 17.4 Å². The summed E-state index contributed by atoms with van der Waals surface area (Å²) in [6, 6.07) is 16.8. The molecular formula is C31H32F3N3O3. The van der Waals surface area contributed by atoms with E-state index in [2.05, 4.69) is 39.3 Å². The van der Waals surface area contributed by atoms with E-state index in [0.29, 0.717) is 18.2 Å². The summed E-state index contributed by atoms with van der Waals surface area (Å²) < 4.78 is 44.4. The van der Waals surface area contributed by atoms with E-state index in [9.17, 15) is 22.8 Å². The number of hydrogen-bond acceptors (Lipinski definition) is 4. The van der Waals surface area contributed by atoms with Crippen molar-refractivity contribution in [3.63, 3.8) is 0 Å². The fourth-order valence-electron chi connectivity index (χ4n) is 4.80. The predicted molar refractivity (Wildman–Crippen MR) is 148 cm³/mol. The van der Waals surface area contributed by atoms with Crippen molar-refractivity contribution >= 4 is 23.2 Å². The van der Waals surface area contributed by atoms with Crippen LogP contribution < -0.4 is 5.32 Å². The first-order valence-corrected chi connectivity index (χ1v) is 13.3. The van der Waals surface area contributed by atoms with Gasteiger partial charge in [0.05, 0.1) is 12.2 Å². The molecule has 2 aromatic heterocycles. The van der Waals surface area contributed by atoms with Crippen molar-refractivity contribution in [2.45, 2.75) is 58.0 Å². The van der Waals surface area contributed by atoms with Gasteiger partial charge in [-0.1, -0.05) is 43.5 Å². The van der Waals surface area contributed by atoms with Gasteiger partial charge < -0.3 is 14.5 Å². The number of hydrogen-bond donors (Lipinski definition) is 1. The van der Waals surface area contributed by atoms with Gasteiger partial charge in [-0.05, 0) is 78.8 Å². The molecule has 9 heteroatoms. The highest BCUT2D eigenvalue weighted by Gasteiger charge is 2.30. The van der Waals surface area contributed by atoms with Gasteiger partial charge in [-0.15, -0.1) is 0 Å². The van der Waals surface area contributed by atoms with E-state index in [1.807, 2.05) is 18.3 Å². The number of anilines is 1. The highest BCUT2D eigenvalue weighted by atomic mass is 19.4. The van der Waals surface area contributed by atoms with Crippen molar-refractivity contribution in [3.05, 3.63) is 89.9 Å². The first-order valence-electron chi connectivity index (χ1n) is 13.3. The number of aromatic nitrogens is 2. The molecule has 1 N–H and O–H groups in total. The topological polar surface area (TPSA) is 72.7 Å². The molecule has 0 unspecified atom stereocenters. The molecule has 1 aliphatic rings. The lowest BCUT2D eigenvalue weighted by atomic mass is 9.84. The van der Waals surface area contributed by atoms with Crippen LogP contribution in [0.5, 0.6) is 0 Å². The number of esters is 1. The van der Waals surface area contributed by atoms with Gasteiger partial charge >= 0.3 is 12.1 Å². The minimum Gasteiger partial charge on any atom is -0.466 e. The van der Waals surface area contributed by atoms with E-state index in [1.165, 1.54) is 56.7 Å². The zero-order chi connectivity index (χ0) is 28.7. The van der Waals surface area contributed by atoms with Crippen molar-refractivity contribution in [2.75, 3.05) is 11.9 Å². The van der Waals surface area contributed by atoms with Gasteiger partial charge in [-0.3, -0.25) is 9.59 Å². The fraction of sp³-hybridized carbons (Fsp3) is 0.323. The number of halogens is 3. The maximum Gasteiger partial charge on any atom is 0.416 e. The molecule has 0 atom stereocenters. The minimum absolute atomic E-state index is 0.185. The molecule has 0 spiro atoms. The van der Waals surface area contributed by atoms with Crippen LogP contribution in [0.1, 0.15) is 73.5 Å². The molecule has 2 heterocycles. The fourth-order valence-corrected chi connectivity index (χ4v) is 4.80. The number of benzene rings is 2. The van der Waals surface area contributed by atoms with Crippen molar-refractivity contribution in [2.24, 2.45) is 0 Å². The molecule has 0 radical (unpaired) electrons. The van der Waals surface area contributed by atoms with Gasteiger partial charge in [0.1, 0.15) is 11.3 Å². The van der Waals surface area contributed by atoms with Crippen LogP contribution in [0.15, 0.2) is 73.1 Å². The molecular weight excluding hydrogens is 519 g/mol. The Morgan fingerprint density at radius 1 is 0.925 bits per heavy atom. The molecule has 6 nitrogen and oxygen atoms in total. The van der Waals surface area contributed by atoms with E-state index in [0.717, 1.165) is 23.3 Å². The second-order valence-electron chi connectivity index (χ2n) is 9.72. The number of amides is 1. The molecule has 2 aromatic carbocycles. The lowest BCUT2D eigenvalue weighted by Crippen LogP contribution is -2.12. The molecule has 4 aromatic rings. The van der Waals surface area contributed by atoms with Crippen LogP contribution in [0.4, 0.5) is 18.9 Å². The number of nitrogens with zero attached hydrogens (tertiary/aromatic N) is 2. The summed E-state index contributed by atoms with van der Waals surface area (Å²) in [6.45, 7) is 3.65. The van der Waals surface area contributed by atoms with Crippen molar-refractivity contribution in [1.29, 1.82) is 0 Å². The van der Waals surface area contributed by atoms with Gasteiger partial charge in [0.2, 0.25) is 0 Å². The Labute approximate surface area is 231 Å². The van der Waals surface area contributed by atoms with Gasteiger partial charge in [-0.25, -0.2) is 4.98 Å². The van der Waals surface area contributed by atoms with Crippen LogP contribution in [-0.2, 0) is 15.7 Å². The van der Waals surface area contributed by atoms with Gasteiger partial charge in [0.15, 0.2) is 0 Å². The molecule has 5 rings (SSSR count). The van der Waals surface area contributed by atoms with E-state index < -0.39 is 17.6 Å². The van der Waals surface area contributed by atoms with E-state index in [4.69, 9.17) is 0 Å². The van der Waals surface area contributed by atoms with Gasteiger partial charge in [0, 0.05) is 25.0 Å². The van der Waals surface area contributed by atoms with Crippen LogP contribution in [0.25, 0.3) is 16.8 Å². The van der Waals surface area contributed by atoms with Crippen molar-refractivity contribution < 1.29 is 27.5 Å². The SMILES string of the molecule is CCOC(C)=O.O=C(Nc1ccc(C(F)(F)F)cc1)c1cn2cc(-c3ccc(C4CCCCC4)cc3)ccc2n1. The summed E-state index contributed by atoms with van der Waals surface area (Å²) in [5, 5.41) is 2.60. The Hall–Kier alpha value is -4.14. The molecule has 1 fully saturated rings. The Morgan fingerprint density at radius 3 is 2.15 bits per heavy atom. The summed E-state index contributed by atoms with van der Waals surface area (Å²) in [5.41, 5.74) is 3.80. The maximum absolute atomic E-state index is 12.7. The van der Waals surface area contributed by atoms with E-state index in [1.54, 1.807) is 17.5 Å². The third-order valence-corrected chi connectivity index (χ3v) is 6.82. The largest absolute Gasteiger partial charge is 0.466 e. The summed E-state index contributed by atoms with van der Waals surface area (Å²) in [5.74, 6) is -0.0380. The molecule has 1 amide bonds. The number of carbonyl (C=O) groups excluding carboxylic acids is 2. The average molecular weight is 552 g/mol. The molecule has 1 saturated carbocycles. The Kier molecular flexibility index (Phi) is 9.24. The summed E-state index contributed by atoms with van der Waals surface area (Å²) in [4.78, 5) is 26.8. The third-order valence-electron chi connectivity index (χ3n) is 6.82. The molecule has 0 aliphatic heterocycles. The van der Waals surface area contributed by atoms with Gasteiger partial charge in [-0.2, -0.15) is 13.2 Å². The number of imidazole rings is 1. The smallest absolute Gasteiger partial charge is 0.416 e. The van der Waals surface area contributed by atoms with Crippen LogP contribution in [-0.4, -0.2) is 27.9 Å². The number of nitrogens with one attached hydrogen (secondary N) is 1. The Bertz CT molecular complexity index is 1440. The number of fused-ring (bicyclic) bond motifs is 1. The number of rotatable bonds is 5. The average Bonchev–Trinajstić information content (AvgIpc) is 3.38. The second kappa shape index (κ2) is 12.8. The summed E-state index contributed by atoms with van der Waals surface area (Å²) >= 11 is 0. The summed E-state index contributed by atoms with van der Waals surface area (Å²) in [7, 11) is 0. The molecule has 0 bridgehead atoms. The number of ether oxygens (including phenoxy) is 1. The highest BCUT2D eigenvalue weighted by Crippen LogP contribution is 2.34. The van der Waals surface area contributed by atoms with Crippen LogP contribution >= 0.6 is 0 Å². The van der Waals surface area contributed by atoms with Crippen molar-refractivity contribution in [3.8, 4) is 11.1 Å². The van der Waals surface area contributed by atoms with Gasteiger partial charge in [0.25, 0.3) is 5.91 Å². The highest BCUT2D eigenvalue weighted by molar-refractivity contribution is 6.03. The molecule has 1 aliphatic carbocycles. The van der Waals surface area contributed by atoms with Crippen LogP contribution in [0.3, 0.4) is 0 Å². The molecule has 210 valence electrons. The zero-order valence-electron chi connectivity index (χ0n) is 22.5. The maximum atomic E-state index is 12.7.